The number of primary amides is 1. The number of thiophene rings is 1. The summed E-state index contributed by atoms with van der Waals surface area (Å²) in [6.45, 7) is 8.99. The first-order chi connectivity index (χ1) is 11.8. The third kappa shape index (κ3) is 4.63. The van der Waals surface area contributed by atoms with E-state index in [0.29, 0.717) is 22.9 Å². The van der Waals surface area contributed by atoms with Crippen LogP contribution in [0.2, 0.25) is 0 Å². The first-order valence-corrected chi connectivity index (χ1v) is 10.4. The van der Waals surface area contributed by atoms with Gasteiger partial charge in [0.2, 0.25) is 5.91 Å². The van der Waals surface area contributed by atoms with Gasteiger partial charge in [0, 0.05) is 11.3 Å². The molecule has 2 rings (SSSR count). The molecule has 0 bridgehead atoms. The molecule has 2 amide bonds. The highest BCUT2D eigenvalue weighted by Crippen LogP contribution is 2.45. The summed E-state index contributed by atoms with van der Waals surface area (Å²) < 4.78 is 0. The molecular weight excluding hydrogens is 332 g/mol. The molecule has 0 aromatic carbocycles. The average Bonchev–Trinajstić information content (AvgIpc) is 2.91. The number of fused-ring (bicyclic) bond motifs is 1. The van der Waals surface area contributed by atoms with Gasteiger partial charge in [-0.2, -0.15) is 0 Å². The second kappa shape index (κ2) is 8.35. The van der Waals surface area contributed by atoms with Gasteiger partial charge >= 0.3 is 0 Å². The van der Waals surface area contributed by atoms with Crippen LogP contribution in [0.3, 0.4) is 0 Å². The van der Waals surface area contributed by atoms with E-state index < -0.39 is 5.91 Å². The van der Waals surface area contributed by atoms with E-state index in [0.717, 1.165) is 50.5 Å². The molecule has 0 aliphatic heterocycles. The molecule has 1 aromatic heterocycles. The Morgan fingerprint density at radius 1 is 1.28 bits per heavy atom. The van der Waals surface area contributed by atoms with E-state index in [1.165, 1.54) is 4.88 Å². The van der Waals surface area contributed by atoms with Crippen LogP contribution in [0.1, 0.15) is 87.0 Å². The van der Waals surface area contributed by atoms with Gasteiger partial charge in [0.1, 0.15) is 5.00 Å². The zero-order valence-corrected chi connectivity index (χ0v) is 16.9. The number of anilines is 1. The number of carbonyl (C=O) groups is 2. The van der Waals surface area contributed by atoms with Gasteiger partial charge in [-0.1, -0.05) is 47.0 Å². The maximum absolute atomic E-state index is 12.2. The third-order valence-corrected chi connectivity index (χ3v) is 6.96. The molecule has 1 aliphatic carbocycles. The SMILES string of the molecule is CCCCCC(=O)Nc1sc2c(c1C(N)=O)CCC(C(C)(C)CC)C2. The lowest BCUT2D eigenvalue weighted by atomic mass is 9.69. The molecule has 1 heterocycles. The maximum atomic E-state index is 12.2. The molecule has 25 heavy (non-hydrogen) atoms. The highest BCUT2D eigenvalue weighted by Gasteiger charge is 2.34. The lowest BCUT2D eigenvalue weighted by Gasteiger charge is -2.36. The number of nitrogens with two attached hydrogens (primary N) is 1. The topological polar surface area (TPSA) is 72.2 Å². The van der Waals surface area contributed by atoms with Crippen molar-refractivity contribution in [3.8, 4) is 0 Å². The van der Waals surface area contributed by atoms with E-state index in [1.54, 1.807) is 11.3 Å². The van der Waals surface area contributed by atoms with Crippen LogP contribution in [0.5, 0.6) is 0 Å². The van der Waals surface area contributed by atoms with Gasteiger partial charge in [-0.25, -0.2) is 0 Å². The fourth-order valence-electron chi connectivity index (χ4n) is 3.62. The van der Waals surface area contributed by atoms with Crippen molar-refractivity contribution in [2.24, 2.45) is 17.1 Å². The third-order valence-electron chi connectivity index (χ3n) is 5.79. The zero-order valence-electron chi connectivity index (χ0n) is 16.0. The monoisotopic (exact) mass is 364 g/mol. The molecule has 0 spiro atoms. The summed E-state index contributed by atoms with van der Waals surface area (Å²) in [6, 6.07) is 0. The van der Waals surface area contributed by atoms with Crippen molar-refractivity contribution in [2.75, 3.05) is 5.32 Å². The van der Waals surface area contributed by atoms with E-state index in [2.05, 4.69) is 33.0 Å². The summed E-state index contributed by atoms with van der Waals surface area (Å²) in [4.78, 5) is 25.4. The Morgan fingerprint density at radius 2 is 2.00 bits per heavy atom. The first kappa shape index (κ1) is 20.0. The highest BCUT2D eigenvalue weighted by molar-refractivity contribution is 7.17. The first-order valence-electron chi connectivity index (χ1n) is 9.54. The minimum atomic E-state index is -0.422. The van der Waals surface area contributed by atoms with Crippen molar-refractivity contribution in [3.05, 3.63) is 16.0 Å². The van der Waals surface area contributed by atoms with E-state index >= 15 is 0 Å². The Labute approximate surface area is 155 Å². The summed E-state index contributed by atoms with van der Waals surface area (Å²) in [5.41, 5.74) is 7.56. The number of carbonyl (C=O) groups excluding carboxylic acids is 2. The Kier molecular flexibility index (Phi) is 6.66. The van der Waals surface area contributed by atoms with Gasteiger partial charge in [-0.05, 0) is 42.6 Å². The molecule has 4 nitrogen and oxygen atoms in total. The predicted octanol–water partition coefficient (Wildman–Crippen LogP) is 4.91. The Bertz CT molecular complexity index is 634. The molecule has 1 unspecified atom stereocenters. The molecular formula is C20H32N2O2S. The normalized spacial score (nSPS) is 17.2. The lowest BCUT2D eigenvalue weighted by Crippen LogP contribution is -2.29. The van der Waals surface area contributed by atoms with Crippen LogP contribution >= 0.6 is 11.3 Å². The minimum Gasteiger partial charge on any atom is -0.365 e. The van der Waals surface area contributed by atoms with Gasteiger partial charge in [-0.3, -0.25) is 9.59 Å². The molecule has 5 heteroatoms. The molecule has 0 saturated carbocycles. The smallest absolute Gasteiger partial charge is 0.251 e. The molecule has 3 N–H and O–H groups in total. The van der Waals surface area contributed by atoms with Gasteiger partial charge in [0.15, 0.2) is 0 Å². The minimum absolute atomic E-state index is 0.0139. The van der Waals surface area contributed by atoms with Gasteiger partial charge < -0.3 is 11.1 Å². The van der Waals surface area contributed by atoms with Crippen LogP contribution < -0.4 is 11.1 Å². The molecule has 1 atom stereocenters. The van der Waals surface area contributed by atoms with E-state index in [4.69, 9.17) is 5.73 Å². The second-order valence-corrected chi connectivity index (χ2v) is 8.96. The predicted molar refractivity (Wildman–Crippen MR) is 105 cm³/mol. The average molecular weight is 365 g/mol. The maximum Gasteiger partial charge on any atom is 0.251 e. The van der Waals surface area contributed by atoms with Gasteiger partial charge in [0.05, 0.1) is 5.56 Å². The van der Waals surface area contributed by atoms with Crippen LogP contribution in [0.4, 0.5) is 5.00 Å². The van der Waals surface area contributed by atoms with Crippen molar-refractivity contribution in [2.45, 2.75) is 79.1 Å². The number of nitrogens with one attached hydrogen (secondary N) is 1. The molecule has 0 saturated heterocycles. The molecule has 0 radical (unpaired) electrons. The fraction of sp³-hybridized carbons (Fsp3) is 0.700. The number of hydrogen-bond acceptors (Lipinski definition) is 3. The number of hydrogen-bond donors (Lipinski definition) is 2. The van der Waals surface area contributed by atoms with Crippen molar-refractivity contribution in [1.82, 2.24) is 0 Å². The van der Waals surface area contributed by atoms with Crippen molar-refractivity contribution in [1.29, 1.82) is 0 Å². The van der Waals surface area contributed by atoms with Crippen LogP contribution in [0.25, 0.3) is 0 Å². The van der Waals surface area contributed by atoms with Gasteiger partial charge in [0.25, 0.3) is 5.91 Å². The summed E-state index contributed by atoms with van der Waals surface area (Å²) >= 11 is 1.56. The Morgan fingerprint density at radius 3 is 2.60 bits per heavy atom. The van der Waals surface area contributed by atoms with Crippen molar-refractivity contribution < 1.29 is 9.59 Å². The zero-order chi connectivity index (χ0) is 18.6. The van der Waals surface area contributed by atoms with Crippen LogP contribution in [-0.2, 0) is 17.6 Å². The van der Waals surface area contributed by atoms with Crippen LogP contribution in [0, 0.1) is 11.3 Å². The van der Waals surface area contributed by atoms with E-state index in [9.17, 15) is 9.59 Å². The second-order valence-electron chi connectivity index (χ2n) is 7.86. The fourth-order valence-corrected chi connectivity index (χ4v) is 4.96. The summed E-state index contributed by atoms with van der Waals surface area (Å²) in [5, 5.41) is 3.62. The summed E-state index contributed by atoms with van der Waals surface area (Å²) in [7, 11) is 0. The number of amides is 2. The van der Waals surface area contributed by atoms with E-state index in [-0.39, 0.29) is 11.3 Å². The Balaban J connectivity index is 2.20. The number of unbranched alkanes of at least 4 members (excludes halogenated alkanes) is 2. The molecule has 0 fully saturated rings. The standard InChI is InChI=1S/C20H32N2O2S/c1-5-7-8-9-16(23)22-19-17(18(21)24)14-11-10-13(12-15(14)25-19)20(3,4)6-2/h13H,5-12H2,1-4H3,(H2,21,24)(H,22,23). The van der Waals surface area contributed by atoms with Crippen LogP contribution in [0.15, 0.2) is 0 Å². The van der Waals surface area contributed by atoms with Crippen molar-refractivity contribution in [3.63, 3.8) is 0 Å². The summed E-state index contributed by atoms with van der Waals surface area (Å²) in [5.74, 6) is 0.173. The van der Waals surface area contributed by atoms with E-state index in [1.807, 2.05) is 0 Å². The lowest BCUT2D eigenvalue weighted by molar-refractivity contribution is -0.116. The number of rotatable bonds is 8. The molecule has 1 aromatic rings. The Hall–Kier alpha value is -1.36. The largest absolute Gasteiger partial charge is 0.365 e. The van der Waals surface area contributed by atoms with Crippen molar-refractivity contribution >= 4 is 28.2 Å². The molecule has 1 aliphatic rings. The highest BCUT2D eigenvalue weighted by atomic mass is 32.1. The van der Waals surface area contributed by atoms with Gasteiger partial charge in [-0.15, -0.1) is 11.3 Å². The summed E-state index contributed by atoms with van der Waals surface area (Å²) in [6.07, 6.45) is 7.59. The quantitative estimate of drug-likeness (QED) is 0.643. The van der Waals surface area contributed by atoms with Crippen LogP contribution in [-0.4, -0.2) is 11.8 Å². The molecule has 140 valence electrons.